The first kappa shape index (κ1) is 10.2. The summed E-state index contributed by atoms with van der Waals surface area (Å²) in [6, 6.07) is 3.27. The highest BCUT2D eigenvalue weighted by Gasteiger charge is 2.15. The maximum atomic E-state index is 13.6. The molecule has 2 N–H and O–H groups in total. The number of hydrogen-bond donors (Lipinski definition) is 1. The zero-order chi connectivity index (χ0) is 12.0. The summed E-state index contributed by atoms with van der Waals surface area (Å²) in [5.74, 6) is -0.869. The molecule has 4 nitrogen and oxygen atoms in total. The Morgan fingerprint density at radius 2 is 2.06 bits per heavy atom. The summed E-state index contributed by atoms with van der Waals surface area (Å²) in [6.07, 6.45) is 0. The third kappa shape index (κ3) is 1.47. The van der Waals surface area contributed by atoms with Crippen LogP contribution < -0.4 is 5.73 Å². The first-order valence-corrected chi connectivity index (χ1v) is 5.58. The number of hydrogen-bond acceptors (Lipinski definition) is 4. The molecule has 2 heterocycles. The molecular weight excluding hydrogens is 246 g/mol. The fourth-order valence-electron chi connectivity index (χ4n) is 1.62. The molecule has 0 saturated carbocycles. The molecule has 0 atom stereocenters. The van der Waals surface area contributed by atoms with Gasteiger partial charge < -0.3 is 5.73 Å². The highest BCUT2D eigenvalue weighted by Crippen LogP contribution is 2.29. The Morgan fingerprint density at radius 1 is 1.24 bits per heavy atom. The second kappa shape index (κ2) is 3.49. The van der Waals surface area contributed by atoms with Gasteiger partial charge in [0.2, 0.25) is 10.9 Å². The van der Waals surface area contributed by atoms with E-state index in [1.54, 1.807) is 5.38 Å². The standard InChI is InChI=1S/C10H6F2N4S/c11-5-1-2-7(12)6(3-5)8-4-17-10-15-14-9(13)16(8)10/h1-4H,(H2,13,14). The van der Waals surface area contributed by atoms with Crippen molar-refractivity contribution in [2.24, 2.45) is 0 Å². The van der Waals surface area contributed by atoms with Gasteiger partial charge in [-0.1, -0.05) is 0 Å². The van der Waals surface area contributed by atoms with Crippen molar-refractivity contribution in [2.45, 2.75) is 0 Å². The minimum absolute atomic E-state index is 0.141. The third-order valence-electron chi connectivity index (χ3n) is 2.38. The van der Waals surface area contributed by atoms with Gasteiger partial charge in [-0.25, -0.2) is 8.78 Å². The smallest absolute Gasteiger partial charge is 0.227 e. The second-order valence-corrected chi connectivity index (χ2v) is 4.26. The van der Waals surface area contributed by atoms with Crippen molar-refractivity contribution in [3.05, 3.63) is 35.2 Å². The monoisotopic (exact) mass is 252 g/mol. The molecule has 7 heteroatoms. The Bertz CT molecular complexity index is 703. The lowest BCUT2D eigenvalue weighted by Gasteiger charge is -2.02. The predicted octanol–water partition coefficient (Wildman–Crippen LogP) is 2.32. The third-order valence-corrected chi connectivity index (χ3v) is 3.20. The number of halogens is 2. The summed E-state index contributed by atoms with van der Waals surface area (Å²) in [6.45, 7) is 0. The quantitative estimate of drug-likeness (QED) is 0.723. The topological polar surface area (TPSA) is 56.2 Å². The Kier molecular flexibility index (Phi) is 2.08. The summed E-state index contributed by atoms with van der Waals surface area (Å²) in [5, 5.41) is 9.15. The summed E-state index contributed by atoms with van der Waals surface area (Å²) < 4.78 is 28.3. The van der Waals surface area contributed by atoms with Gasteiger partial charge in [0.25, 0.3) is 0 Å². The van der Waals surface area contributed by atoms with Crippen molar-refractivity contribution in [3.63, 3.8) is 0 Å². The molecule has 0 radical (unpaired) electrons. The first-order valence-electron chi connectivity index (χ1n) is 4.70. The lowest BCUT2D eigenvalue weighted by atomic mass is 10.1. The van der Waals surface area contributed by atoms with Gasteiger partial charge in [0, 0.05) is 10.9 Å². The van der Waals surface area contributed by atoms with Crippen molar-refractivity contribution in [2.75, 3.05) is 5.73 Å². The van der Waals surface area contributed by atoms with E-state index in [1.807, 2.05) is 0 Å². The number of fused-ring (bicyclic) bond motifs is 1. The summed E-state index contributed by atoms with van der Waals surface area (Å²) in [4.78, 5) is 0.543. The van der Waals surface area contributed by atoms with Crippen LogP contribution in [-0.4, -0.2) is 14.6 Å². The molecule has 0 saturated heterocycles. The van der Waals surface area contributed by atoms with E-state index in [0.29, 0.717) is 10.7 Å². The van der Waals surface area contributed by atoms with Crippen molar-refractivity contribution in [1.82, 2.24) is 14.6 Å². The molecule has 3 aromatic rings. The van der Waals surface area contributed by atoms with Crippen LogP contribution in [-0.2, 0) is 0 Å². The van der Waals surface area contributed by atoms with E-state index in [9.17, 15) is 8.78 Å². The molecule has 1 aromatic carbocycles. The van der Waals surface area contributed by atoms with Crippen LogP contribution in [0.4, 0.5) is 14.7 Å². The first-order chi connectivity index (χ1) is 8.16. The van der Waals surface area contributed by atoms with Gasteiger partial charge in [-0.15, -0.1) is 21.5 Å². The number of thiazole rings is 1. The van der Waals surface area contributed by atoms with Gasteiger partial charge in [0.05, 0.1) is 5.69 Å². The van der Waals surface area contributed by atoms with E-state index in [4.69, 9.17) is 5.73 Å². The lowest BCUT2D eigenvalue weighted by Crippen LogP contribution is -1.96. The van der Waals surface area contributed by atoms with E-state index in [2.05, 4.69) is 10.2 Å². The number of aromatic nitrogens is 3. The number of nitrogen functional groups attached to an aromatic ring is 1. The van der Waals surface area contributed by atoms with Crippen molar-refractivity contribution in [3.8, 4) is 11.3 Å². The van der Waals surface area contributed by atoms with E-state index in [-0.39, 0.29) is 11.5 Å². The predicted molar refractivity (Wildman–Crippen MR) is 60.6 cm³/mol. The number of rotatable bonds is 1. The van der Waals surface area contributed by atoms with Crippen molar-refractivity contribution in [1.29, 1.82) is 0 Å². The molecule has 86 valence electrons. The second-order valence-electron chi connectivity index (χ2n) is 3.42. The van der Waals surface area contributed by atoms with E-state index >= 15 is 0 Å². The van der Waals surface area contributed by atoms with E-state index < -0.39 is 11.6 Å². The maximum Gasteiger partial charge on any atom is 0.227 e. The summed E-state index contributed by atoms with van der Waals surface area (Å²) in [5.41, 5.74) is 6.22. The van der Waals surface area contributed by atoms with E-state index in [0.717, 1.165) is 18.2 Å². The average molecular weight is 252 g/mol. The van der Waals surface area contributed by atoms with Crippen LogP contribution in [0.2, 0.25) is 0 Å². The van der Waals surface area contributed by atoms with Crippen LogP contribution >= 0.6 is 11.3 Å². The van der Waals surface area contributed by atoms with Gasteiger partial charge in [0.1, 0.15) is 11.6 Å². The molecule has 0 amide bonds. The summed E-state index contributed by atoms with van der Waals surface area (Å²) >= 11 is 1.26. The highest BCUT2D eigenvalue weighted by atomic mass is 32.1. The normalized spacial score (nSPS) is 11.2. The molecule has 0 aliphatic rings. The number of benzene rings is 1. The Labute approximate surface area is 98.3 Å². The van der Waals surface area contributed by atoms with Crippen LogP contribution in [0.15, 0.2) is 23.6 Å². The molecule has 0 aliphatic carbocycles. The fourth-order valence-corrected chi connectivity index (χ4v) is 2.46. The van der Waals surface area contributed by atoms with Gasteiger partial charge in [0.15, 0.2) is 0 Å². The highest BCUT2D eigenvalue weighted by molar-refractivity contribution is 7.15. The van der Waals surface area contributed by atoms with Crippen molar-refractivity contribution < 1.29 is 8.78 Å². The number of anilines is 1. The molecule has 3 rings (SSSR count). The Balaban J connectivity index is 2.33. The van der Waals surface area contributed by atoms with Gasteiger partial charge in [-0.05, 0) is 18.2 Å². The minimum atomic E-state index is -0.515. The lowest BCUT2D eigenvalue weighted by molar-refractivity contribution is 0.602. The molecule has 17 heavy (non-hydrogen) atoms. The zero-order valence-corrected chi connectivity index (χ0v) is 9.21. The minimum Gasteiger partial charge on any atom is -0.368 e. The van der Waals surface area contributed by atoms with Crippen LogP contribution in [0.25, 0.3) is 16.2 Å². The number of nitrogens with zero attached hydrogens (tertiary/aromatic N) is 3. The molecular formula is C10H6F2N4S. The van der Waals surface area contributed by atoms with Gasteiger partial charge in [-0.2, -0.15) is 0 Å². The molecule has 2 aromatic heterocycles. The van der Waals surface area contributed by atoms with Crippen molar-refractivity contribution >= 4 is 22.2 Å². The van der Waals surface area contributed by atoms with Gasteiger partial charge >= 0.3 is 0 Å². The largest absolute Gasteiger partial charge is 0.368 e. The van der Waals surface area contributed by atoms with Crippen LogP contribution in [0.1, 0.15) is 0 Å². The SMILES string of the molecule is Nc1nnc2scc(-c3cc(F)ccc3F)n12. The van der Waals surface area contributed by atoms with E-state index in [1.165, 1.54) is 15.7 Å². The summed E-state index contributed by atoms with van der Waals surface area (Å²) in [7, 11) is 0. The van der Waals surface area contributed by atoms with Crippen LogP contribution in [0, 0.1) is 11.6 Å². The fraction of sp³-hybridized carbons (Fsp3) is 0. The Morgan fingerprint density at radius 3 is 2.88 bits per heavy atom. The molecule has 0 aliphatic heterocycles. The average Bonchev–Trinajstić information content (AvgIpc) is 2.86. The van der Waals surface area contributed by atoms with Crippen LogP contribution in [0.5, 0.6) is 0 Å². The number of nitrogens with two attached hydrogens (primary N) is 1. The van der Waals surface area contributed by atoms with Gasteiger partial charge in [-0.3, -0.25) is 4.40 Å². The Hall–Kier alpha value is -2.02. The molecule has 0 spiro atoms. The maximum absolute atomic E-state index is 13.6. The molecule has 0 fully saturated rings. The molecule has 0 unspecified atom stereocenters. The van der Waals surface area contributed by atoms with Crippen LogP contribution in [0.3, 0.4) is 0 Å². The zero-order valence-electron chi connectivity index (χ0n) is 8.39. The molecule has 0 bridgehead atoms.